The molecule has 0 bridgehead atoms. The first kappa shape index (κ1) is 18.2. The van der Waals surface area contributed by atoms with Crippen LogP contribution in [0.4, 0.5) is 0 Å². The predicted molar refractivity (Wildman–Crippen MR) is 92.6 cm³/mol. The van der Waals surface area contributed by atoms with Crippen molar-refractivity contribution in [3.8, 4) is 0 Å². The van der Waals surface area contributed by atoms with E-state index in [-0.39, 0.29) is 12.2 Å². The lowest BCUT2D eigenvalue weighted by molar-refractivity contribution is -0.154. The second kappa shape index (κ2) is 6.93. The van der Waals surface area contributed by atoms with Crippen molar-refractivity contribution < 1.29 is 19.1 Å². The molecule has 2 aromatic heterocycles. The summed E-state index contributed by atoms with van der Waals surface area (Å²) in [5.41, 5.74) is 0.400. The van der Waals surface area contributed by atoms with Gasteiger partial charge in [0.15, 0.2) is 0 Å². The van der Waals surface area contributed by atoms with Crippen LogP contribution in [-0.4, -0.2) is 43.7 Å². The number of aryl methyl sites for hydroxylation is 2. The van der Waals surface area contributed by atoms with Crippen molar-refractivity contribution in [3.05, 3.63) is 35.9 Å². The van der Waals surface area contributed by atoms with Gasteiger partial charge in [-0.15, -0.1) is 0 Å². The number of nitrogens with zero attached hydrogens (tertiary/aromatic N) is 4. The second-order valence-corrected chi connectivity index (χ2v) is 7.01. The van der Waals surface area contributed by atoms with E-state index in [0.717, 1.165) is 0 Å². The molecule has 1 aliphatic carbocycles. The van der Waals surface area contributed by atoms with Gasteiger partial charge in [0.1, 0.15) is 12.2 Å². The molecule has 140 valence electrons. The molecule has 0 N–H and O–H groups in total. The van der Waals surface area contributed by atoms with Gasteiger partial charge in [-0.25, -0.2) is 9.59 Å². The Morgan fingerprint density at radius 3 is 1.73 bits per heavy atom. The molecule has 0 aliphatic heterocycles. The number of aromatic nitrogens is 4. The number of hydrogen-bond donors (Lipinski definition) is 0. The van der Waals surface area contributed by atoms with E-state index < -0.39 is 17.4 Å². The van der Waals surface area contributed by atoms with Crippen LogP contribution in [0.25, 0.3) is 0 Å². The maximum atomic E-state index is 12.3. The highest BCUT2D eigenvalue weighted by atomic mass is 16.6. The monoisotopic (exact) mass is 360 g/mol. The van der Waals surface area contributed by atoms with Gasteiger partial charge in [0.25, 0.3) is 0 Å². The molecule has 0 amide bonds. The van der Waals surface area contributed by atoms with Crippen molar-refractivity contribution >= 4 is 11.9 Å². The Balaban J connectivity index is 1.57. The number of esters is 2. The molecule has 2 aromatic rings. The number of carbonyl (C=O) groups is 2. The predicted octanol–water partition coefficient (Wildman–Crippen LogP) is 2.30. The van der Waals surface area contributed by atoms with Crippen LogP contribution in [0.2, 0.25) is 0 Å². The first-order valence-corrected chi connectivity index (χ1v) is 8.82. The lowest BCUT2D eigenvalue weighted by Gasteiger charge is -2.49. The Kier molecular flexibility index (Phi) is 4.84. The zero-order valence-corrected chi connectivity index (χ0v) is 15.5. The van der Waals surface area contributed by atoms with Crippen LogP contribution >= 0.6 is 0 Å². The second-order valence-electron chi connectivity index (χ2n) is 7.01. The largest absolute Gasteiger partial charge is 0.458 e. The van der Waals surface area contributed by atoms with Gasteiger partial charge in [0.2, 0.25) is 0 Å². The first-order valence-electron chi connectivity index (χ1n) is 8.82. The Hall–Kier alpha value is -2.64. The quantitative estimate of drug-likeness (QED) is 0.735. The smallest absolute Gasteiger partial charge is 0.341 e. The van der Waals surface area contributed by atoms with Gasteiger partial charge in [-0.1, -0.05) is 13.8 Å². The molecule has 0 unspecified atom stereocenters. The summed E-state index contributed by atoms with van der Waals surface area (Å²) in [5, 5.41) is 8.16. The molecule has 1 aliphatic rings. The standard InChI is InChI=1S/C18H24N4O4/c1-5-21-10-12(8-19-21)16(23)25-14-7-15(18(14,3)4)26-17(24)13-9-20-22(6-2)11-13/h8-11,14-15H,5-7H2,1-4H3/t14-,15+. The lowest BCUT2D eigenvalue weighted by atomic mass is 9.66. The van der Waals surface area contributed by atoms with Gasteiger partial charge < -0.3 is 9.47 Å². The van der Waals surface area contributed by atoms with E-state index in [1.807, 2.05) is 27.7 Å². The molecule has 0 spiro atoms. The Morgan fingerprint density at radius 1 is 1.00 bits per heavy atom. The SMILES string of the molecule is CCn1cc(C(=O)O[C@H]2C[C@@H](OC(=O)c3cnn(CC)c3)C2(C)C)cn1. The zero-order valence-electron chi connectivity index (χ0n) is 15.5. The van der Waals surface area contributed by atoms with Crippen LogP contribution in [0, 0.1) is 5.41 Å². The van der Waals surface area contributed by atoms with E-state index in [1.165, 1.54) is 12.4 Å². The van der Waals surface area contributed by atoms with Gasteiger partial charge >= 0.3 is 11.9 Å². The van der Waals surface area contributed by atoms with E-state index in [0.29, 0.717) is 30.6 Å². The average Bonchev–Trinajstić information content (AvgIpc) is 3.29. The van der Waals surface area contributed by atoms with Crippen LogP contribution in [0.5, 0.6) is 0 Å². The third-order valence-corrected chi connectivity index (χ3v) is 4.97. The fourth-order valence-electron chi connectivity index (χ4n) is 2.93. The van der Waals surface area contributed by atoms with E-state index in [1.54, 1.807) is 21.8 Å². The van der Waals surface area contributed by atoms with Crippen LogP contribution < -0.4 is 0 Å². The van der Waals surface area contributed by atoms with Crippen LogP contribution in [0.15, 0.2) is 24.8 Å². The number of rotatable bonds is 6. The summed E-state index contributed by atoms with van der Waals surface area (Å²) >= 11 is 0. The minimum absolute atomic E-state index is 0.309. The molecule has 8 nitrogen and oxygen atoms in total. The molecule has 1 fully saturated rings. The molecule has 0 aromatic carbocycles. The van der Waals surface area contributed by atoms with Crippen LogP contribution in [-0.2, 0) is 22.6 Å². The topological polar surface area (TPSA) is 88.2 Å². The van der Waals surface area contributed by atoms with E-state index in [2.05, 4.69) is 10.2 Å². The maximum absolute atomic E-state index is 12.3. The number of ether oxygens (including phenoxy) is 2. The summed E-state index contributed by atoms with van der Waals surface area (Å²) in [7, 11) is 0. The number of carbonyl (C=O) groups excluding carboxylic acids is 2. The van der Waals surface area contributed by atoms with Gasteiger partial charge in [-0.05, 0) is 13.8 Å². The summed E-state index contributed by atoms with van der Waals surface area (Å²) in [6, 6.07) is 0. The highest BCUT2D eigenvalue weighted by Gasteiger charge is 2.53. The summed E-state index contributed by atoms with van der Waals surface area (Å²) in [6.45, 7) is 9.12. The van der Waals surface area contributed by atoms with Crippen molar-refractivity contribution in [2.24, 2.45) is 5.41 Å². The van der Waals surface area contributed by atoms with Gasteiger partial charge in [-0.2, -0.15) is 10.2 Å². The normalized spacial score (nSPS) is 21.1. The maximum Gasteiger partial charge on any atom is 0.341 e. The van der Waals surface area contributed by atoms with E-state index in [9.17, 15) is 9.59 Å². The molecule has 0 radical (unpaired) electrons. The van der Waals surface area contributed by atoms with Crippen molar-refractivity contribution in [2.75, 3.05) is 0 Å². The third kappa shape index (κ3) is 3.36. The number of hydrogen-bond acceptors (Lipinski definition) is 6. The fourth-order valence-corrected chi connectivity index (χ4v) is 2.93. The van der Waals surface area contributed by atoms with Gasteiger partial charge in [0, 0.05) is 37.3 Å². The summed E-state index contributed by atoms with van der Waals surface area (Å²) in [5.74, 6) is -0.812. The zero-order chi connectivity index (χ0) is 18.9. The van der Waals surface area contributed by atoms with Gasteiger partial charge in [-0.3, -0.25) is 9.36 Å². The molecule has 2 heterocycles. The molecular formula is C18H24N4O4. The molecular weight excluding hydrogens is 336 g/mol. The van der Waals surface area contributed by atoms with Crippen molar-refractivity contribution in [2.45, 2.75) is 59.4 Å². The minimum atomic E-state index is -0.452. The molecule has 2 atom stereocenters. The fraction of sp³-hybridized carbons (Fsp3) is 0.556. The highest BCUT2D eigenvalue weighted by molar-refractivity contribution is 5.89. The molecule has 8 heteroatoms. The minimum Gasteiger partial charge on any atom is -0.458 e. The first-order chi connectivity index (χ1) is 12.3. The van der Waals surface area contributed by atoms with Crippen LogP contribution in [0.1, 0.15) is 54.8 Å². The molecule has 0 saturated heterocycles. The average molecular weight is 360 g/mol. The molecule has 1 saturated carbocycles. The molecule has 26 heavy (non-hydrogen) atoms. The lowest BCUT2D eigenvalue weighted by Crippen LogP contribution is -2.56. The van der Waals surface area contributed by atoms with E-state index >= 15 is 0 Å². The van der Waals surface area contributed by atoms with Crippen LogP contribution in [0.3, 0.4) is 0 Å². The highest BCUT2D eigenvalue weighted by Crippen LogP contribution is 2.45. The Morgan fingerprint density at radius 2 is 1.42 bits per heavy atom. The third-order valence-electron chi connectivity index (χ3n) is 4.97. The Labute approximate surface area is 152 Å². The van der Waals surface area contributed by atoms with Crippen molar-refractivity contribution in [1.82, 2.24) is 19.6 Å². The summed E-state index contributed by atoms with van der Waals surface area (Å²) < 4.78 is 14.5. The summed E-state index contributed by atoms with van der Waals surface area (Å²) in [4.78, 5) is 24.5. The molecule has 3 rings (SSSR count). The van der Waals surface area contributed by atoms with Crippen molar-refractivity contribution in [1.29, 1.82) is 0 Å². The Bertz CT molecular complexity index is 743. The summed E-state index contributed by atoms with van der Waals surface area (Å²) in [6.07, 6.45) is 6.19. The van der Waals surface area contributed by atoms with E-state index in [4.69, 9.17) is 9.47 Å². The van der Waals surface area contributed by atoms with Crippen molar-refractivity contribution in [3.63, 3.8) is 0 Å². The van der Waals surface area contributed by atoms with Gasteiger partial charge in [0.05, 0.1) is 23.5 Å².